The summed E-state index contributed by atoms with van der Waals surface area (Å²) in [5, 5.41) is 5.55. The van der Waals surface area contributed by atoms with Crippen molar-refractivity contribution in [3.63, 3.8) is 0 Å². The van der Waals surface area contributed by atoms with E-state index >= 15 is 0 Å². The third kappa shape index (κ3) is 4.33. The maximum Gasteiger partial charge on any atom is 0.262 e. The van der Waals surface area contributed by atoms with Gasteiger partial charge in [0, 0.05) is 13.6 Å². The highest BCUT2D eigenvalue weighted by Gasteiger charge is 2.30. The van der Waals surface area contributed by atoms with E-state index in [0.29, 0.717) is 18.8 Å². The van der Waals surface area contributed by atoms with E-state index in [1.165, 1.54) is 5.56 Å². The predicted octanol–water partition coefficient (Wildman–Crippen LogP) is 1.36. The highest BCUT2D eigenvalue weighted by Crippen LogP contribution is 2.32. The van der Waals surface area contributed by atoms with E-state index < -0.39 is 6.10 Å². The Morgan fingerprint density at radius 1 is 1.12 bits per heavy atom. The van der Waals surface area contributed by atoms with Crippen LogP contribution in [0.4, 0.5) is 5.69 Å². The Morgan fingerprint density at radius 3 is 2.62 bits per heavy atom. The summed E-state index contributed by atoms with van der Waals surface area (Å²) in [5.74, 6) is 0.340. The Morgan fingerprint density at radius 2 is 1.85 bits per heavy atom. The van der Waals surface area contributed by atoms with Gasteiger partial charge in [0.15, 0.2) is 6.10 Å². The van der Waals surface area contributed by atoms with Crippen LogP contribution in [0, 0.1) is 0 Å². The maximum absolute atomic E-state index is 12.4. The lowest BCUT2D eigenvalue weighted by Crippen LogP contribution is -2.50. The minimum Gasteiger partial charge on any atom is -0.477 e. The van der Waals surface area contributed by atoms with Crippen LogP contribution in [-0.4, -0.2) is 44.6 Å². The van der Waals surface area contributed by atoms with Crippen LogP contribution in [0.1, 0.15) is 5.56 Å². The highest BCUT2D eigenvalue weighted by atomic mass is 16.5. The molecule has 0 spiro atoms. The number of fused-ring (bicyclic) bond motifs is 1. The number of hydrogen-bond acceptors (Lipinski definition) is 4. The quantitative estimate of drug-likeness (QED) is 0.823. The van der Waals surface area contributed by atoms with Gasteiger partial charge in [-0.1, -0.05) is 42.5 Å². The minimum atomic E-state index is -0.632. The molecule has 136 valence electrons. The Kier molecular flexibility index (Phi) is 5.73. The summed E-state index contributed by atoms with van der Waals surface area (Å²) in [6.07, 6.45) is 0.152. The van der Waals surface area contributed by atoms with Gasteiger partial charge in [0.1, 0.15) is 5.75 Å². The van der Waals surface area contributed by atoms with Gasteiger partial charge in [0.2, 0.25) is 5.91 Å². The van der Waals surface area contributed by atoms with Crippen LogP contribution in [0.5, 0.6) is 5.75 Å². The molecule has 0 bridgehead atoms. The number of nitrogens with one attached hydrogen (secondary N) is 2. The largest absolute Gasteiger partial charge is 0.477 e. The predicted molar refractivity (Wildman–Crippen MR) is 100 cm³/mol. The summed E-state index contributed by atoms with van der Waals surface area (Å²) < 4.78 is 5.75. The Bertz CT molecular complexity index is 764. The van der Waals surface area contributed by atoms with Crippen molar-refractivity contribution in [2.24, 2.45) is 0 Å². The van der Waals surface area contributed by atoms with Crippen molar-refractivity contribution >= 4 is 17.5 Å². The number of nitrogens with zero attached hydrogens (tertiary/aromatic N) is 1. The van der Waals surface area contributed by atoms with Crippen LogP contribution in [0.2, 0.25) is 0 Å². The first-order valence-electron chi connectivity index (χ1n) is 8.70. The van der Waals surface area contributed by atoms with Crippen molar-refractivity contribution in [3.05, 3.63) is 60.2 Å². The smallest absolute Gasteiger partial charge is 0.262 e. The van der Waals surface area contributed by atoms with Gasteiger partial charge in [-0.15, -0.1) is 0 Å². The molecule has 0 radical (unpaired) electrons. The van der Waals surface area contributed by atoms with Gasteiger partial charge in [-0.3, -0.25) is 9.59 Å². The monoisotopic (exact) mass is 353 g/mol. The van der Waals surface area contributed by atoms with Gasteiger partial charge in [0.25, 0.3) is 5.91 Å². The second-order valence-corrected chi connectivity index (χ2v) is 6.15. The van der Waals surface area contributed by atoms with Gasteiger partial charge in [-0.25, -0.2) is 0 Å². The molecule has 26 heavy (non-hydrogen) atoms. The number of hydrogen-bond donors (Lipinski definition) is 2. The zero-order valence-corrected chi connectivity index (χ0v) is 14.8. The number of benzene rings is 2. The number of rotatable bonds is 6. The molecule has 0 saturated carbocycles. The number of amides is 2. The van der Waals surface area contributed by atoms with Crippen molar-refractivity contribution in [1.29, 1.82) is 0 Å². The van der Waals surface area contributed by atoms with Crippen molar-refractivity contribution in [2.75, 3.05) is 31.6 Å². The lowest BCUT2D eigenvalue weighted by Gasteiger charge is -2.35. The number of para-hydroxylation sites is 2. The molecule has 1 aliphatic rings. The molecular formula is C20H23N3O3. The van der Waals surface area contributed by atoms with Crippen molar-refractivity contribution in [1.82, 2.24) is 10.6 Å². The zero-order chi connectivity index (χ0) is 18.4. The minimum absolute atomic E-state index is 0.0757. The summed E-state index contributed by atoms with van der Waals surface area (Å²) in [4.78, 5) is 26.2. The Balaban J connectivity index is 1.60. The van der Waals surface area contributed by atoms with E-state index in [-0.39, 0.29) is 18.4 Å². The topological polar surface area (TPSA) is 70.7 Å². The first kappa shape index (κ1) is 17.8. The molecule has 2 aromatic carbocycles. The summed E-state index contributed by atoms with van der Waals surface area (Å²) in [5.41, 5.74) is 2.01. The molecule has 0 fully saturated rings. The molecule has 3 rings (SSSR count). The average Bonchev–Trinajstić information content (AvgIpc) is 2.68. The van der Waals surface area contributed by atoms with Crippen molar-refractivity contribution < 1.29 is 14.3 Å². The zero-order valence-electron chi connectivity index (χ0n) is 14.8. The SMILES string of the molecule is CNC(=O)[C@H]1CN(CC(=O)NCCc2ccccc2)c2ccccc2O1. The second kappa shape index (κ2) is 8.38. The molecular weight excluding hydrogens is 330 g/mol. The Hall–Kier alpha value is -3.02. The fraction of sp³-hybridized carbons (Fsp3) is 0.300. The van der Waals surface area contributed by atoms with E-state index in [2.05, 4.69) is 10.6 Å². The van der Waals surface area contributed by atoms with Gasteiger partial charge >= 0.3 is 0 Å². The summed E-state index contributed by atoms with van der Waals surface area (Å²) >= 11 is 0. The molecule has 2 N–H and O–H groups in total. The average molecular weight is 353 g/mol. The number of anilines is 1. The standard InChI is InChI=1S/C20H23N3O3/c1-21-20(25)18-13-23(16-9-5-6-10-17(16)26-18)14-19(24)22-12-11-15-7-3-2-4-8-15/h2-10,18H,11-14H2,1H3,(H,21,25)(H,22,24)/t18-/m1/s1. The highest BCUT2D eigenvalue weighted by molar-refractivity contribution is 5.86. The fourth-order valence-corrected chi connectivity index (χ4v) is 2.97. The molecule has 2 aromatic rings. The molecule has 1 atom stereocenters. The van der Waals surface area contributed by atoms with E-state index in [1.807, 2.05) is 59.5 Å². The van der Waals surface area contributed by atoms with Gasteiger partial charge < -0.3 is 20.3 Å². The number of carbonyl (C=O) groups is 2. The van der Waals surface area contributed by atoms with E-state index in [9.17, 15) is 9.59 Å². The van der Waals surface area contributed by atoms with Gasteiger partial charge in [0.05, 0.1) is 18.8 Å². The normalized spacial score (nSPS) is 15.6. The second-order valence-electron chi connectivity index (χ2n) is 6.15. The van der Waals surface area contributed by atoms with E-state index in [4.69, 9.17) is 4.74 Å². The van der Waals surface area contributed by atoms with Crippen LogP contribution >= 0.6 is 0 Å². The molecule has 6 nitrogen and oxygen atoms in total. The first-order chi connectivity index (χ1) is 12.7. The lowest BCUT2D eigenvalue weighted by atomic mass is 10.1. The van der Waals surface area contributed by atoms with Gasteiger partial charge in [-0.2, -0.15) is 0 Å². The molecule has 1 heterocycles. The third-order valence-corrected chi connectivity index (χ3v) is 4.31. The van der Waals surface area contributed by atoms with Crippen molar-refractivity contribution in [2.45, 2.75) is 12.5 Å². The molecule has 6 heteroatoms. The number of likely N-dealkylation sites (N-methyl/N-ethyl adjacent to an activating group) is 1. The molecule has 0 aliphatic carbocycles. The molecule has 0 unspecified atom stereocenters. The molecule has 0 saturated heterocycles. The Labute approximate surface area is 153 Å². The first-order valence-corrected chi connectivity index (χ1v) is 8.70. The van der Waals surface area contributed by atoms with Crippen LogP contribution < -0.4 is 20.3 Å². The summed E-state index contributed by atoms with van der Waals surface area (Å²) in [6.45, 7) is 1.10. The molecule has 1 aliphatic heterocycles. The lowest BCUT2D eigenvalue weighted by molar-refractivity contribution is -0.127. The van der Waals surface area contributed by atoms with Gasteiger partial charge in [-0.05, 0) is 24.1 Å². The molecule has 0 aromatic heterocycles. The summed E-state index contributed by atoms with van der Waals surface area (Å²) in [6, 6.07) is 17.5. The fourth-order valence-electron chi connectivity index (χ4n) is 2.97. The van der Waals surface area contributed by atoms with Crippen LogP contribution in [-0.2, 0) is 16.0 Å². The summed E-state index contributed by atoms with van der Waals surface area (Å²) in [7, 11) is 1.58. The third-order valence-electron chi connectivity index (χ3n) is 4.31. The maximum atomic E-state index is 12.4. The number of ether oxygens (including phenoxy) is 1. The van der Waals surface area contributed by atoms with E-state index in [1.54, 1.807) is 7.05 Å². The number of carbonyl (C=O) groups excluding carboxylic acids is 2. The van der Waals surface area contributed by atoms with Crippen LogP contribution in [0.25, 0.3) is 0 Å². The van der Waals surface area contributed by atoms with E-state index in [0.717, 1.165) is 12.1 Å². The van der Waals surface area contributed by atoms with Crippen LogP contribution in [0.15, 0.2) is 54.6 Å². The van der Waals surface area contributed by atoms with Crippen LogP contribution in [0.3, 0.4) is 0 Å². The molecule has 2 amide bonds. The van der Waals surface area contributed by atoms with Crippen molar-refractivity contribution in [3.8, 4) is 5.75 Å².